The van der Waals surface area contributed by atoms with Crippen LogP contribution in [0.1, 0.15) is 30.5 Å². The first-order chi connectivity index (χ1) is 14.5. The van der Waals surface area contributed by atoms with Gasteiger partial charge in [-0.2, -0.15) is 0 Å². The van der Waals surface area contributed by atoms with Gasteiger partial charge in [-0.05, 0) is 43.2 Å². The highest BCUT2D eigenvalue weighted by Crippen LogP contribution is 2.21. The Balaban J connectivity index is 0.00000341. The number of hydrogen-bond acceptors (Lipinski definition) is 4. The SMILES string of the molecule is CN=C(NCCC(=O)Nc1cccc(C)n1)NCc1ccc(N2CCCC2=O)cc1.I. The minimum Gasteiger partial charge on any atom is -0.356 e. The molecule has 0 spiro atoms. The summed E-state index contributed by atoms with van der Waals surface area (Å²) < 4.78 is 0. The van der Waals surface area contributed by atoms with Crippen LogP contribution in [0.4, 0.5) is 11.5 Å². The quantitative estimate of drug-likeness (QED) is 0.287. The Bertz CT molecular complexity index is 916. The average molecular weight is 536 g/mol. The lowest BCUT2D eigenvalue weighted by molar-refractivity contribution is -0.117. The average Bonchev–Trinajstić information content (AvgIpc) is 3.17. The fourth-order valence-electron chi connectivity index (χ4n) is 3.23. The van der Waals surface area contributed by atoms with Gasteiger partial charge in [-0.25, -0.2) is 4.98 Å². The molecule has 8 nitrogen and oxygen atoms in total. The van der Waals surface area contributed by atoms with E-state index in [1.54, 1.807) is 13.1 Å². The zero-order chi connectivity index (χ0) is 21.3. The van der Waals surface area contributed by atoms with Crippen molar-refractivity contribution in [1.82, 2.24) is 15.6 Å². The van der Waals surface area contributed by atoms with Crippen LogP contribution < -0.4 is 20.9 Å². The Morgan fingerprint density at radius 3 is 2.58 bits per heavy atom. The molecule has 2 amide bonds. The van der Waals surface area contributed by atoms with Crippen molar-refractivity contribution in [2.75, 3.05) is 30.4 Å². The van der Waals surface area contributed by atoms with E-state index in [1.165, 1.54) is 0 Å². The summed E-state index contributed by atoms with van der Waals surface area (Å²) >= 11 is 0. The third-order valence-corrected chi connectivity index (χ3v) is 4.81. The highest BCUT2D eigenvalue weighted by atomic mass is 127. The van der Waals surface area contributed by atoms with Gasteiger partial charge in [0, 0.05) is 50.9 Å². The second kappa shape index (κ2) is 12.2. The molecule has 1 aromatic heterocycles. The Morgan fingerprint density at radius 2 is 1.94 bits per heavy atom. The van der Waals surface area contributed by atoms with Crippen LogP contribution in [-0.4, -0.2) is 42.9 Å². The van der Waals surface area contributed by atoms with Crippen molar-refractivity contribution in [3.63, 3.8) is 0 Å². The van der Waals surface area contributed by atoms with Gasteiger partial charge in [0.2, 0.25) is 11.8 Å². The van der Waals surface area contributed by atoms with Crippen molar-refractivity contribution in [2.45, 2.75) is 32.7 Å². The summed E-state index contributed by atoms with van der Waals surface area (Å²) in [4.78, 5) is 34.2. The number of benzene rings is 1. The first kappa shape index (κ1) is 24.6. The lowest BCUT2D eigenvalue weighted by Gasteiger charge is -2.16. The smallest absolute Gasteiger partial charge is 0.227 e. The summed E-state index contributed by atoms with van der Waals surface area (Å²) in [5, 5.41) is 9.15. The molecule has 31 heavy (non-hydrogen) atoms. The molecule has 166 valence electrons. The molecule has 1 aliphatic rings. The second-order valence-electron chi connectivity index (χ2n) is 7.13. The maximum Gasteiger partial charge on any atom is 0.227 e. The van der Waals surface area contributed by atoms with Crippen molar-refractivity contribution in [3.05, 3.63) is 53.7 Å². The summed E-state index contributed by atoms with van der Waals surface area (Å²) in [7, 11) is 1.69. The Hall–Kier alpha value is -2.69. The van der Waals surface area contributed by atoms with Crippen LogP contribution in [0.3, 0.4) is 0 Å². The number of rotatable bonds is 7. The minimum atomic E-state index is -0.108. The van der Waals surface area contributed by atoms with Gasteiger partial charge in [0.05, 0.1) is 0 Å². The highest BCUT2D eigenvalue weighted by molar-refractivity contribution is 14.0. The summed E-state index contributed by atoms with van der Waals surface area (Å²) in [5.74, 6) is 1.26. The van der Waals surface area contributed by atoms with E-state index in [0.29, 0.717) is 37.7 Å². The predicted molar refractivity (Wildman–Crippen MR) is 134 cm³/mol. The third kappa shape index (κ3) is 7.50. The van der Waals surface area contributed by atoms with Crippen LogP contribution in [-0.2, 0) is 16.1 Å². The van der Waals surface area contributed by atoms with Crippen molar-refractivity contribution >= 4 is 53.3 Å². The Labute approximate surface area is 199 Å². The van der Waals surface area contributed by atoms with Gasteiger partial charge in [-0.15, -0.1) is 24.0 Å². The fraction of sp³-hybridized carbons (Fsp3) is 0.364. The van der Waals surface area contributed by atoms with Gasteiger partial charge in [-0.3, -0.25) is 14.6 Å². The molecule has 1 aromatic carbocycles. The number of guanidine groups is 1. The zero-order valence-corrected chi connectivity index (χ0v) is 20.2. The lowest BCUT2D eigenvalue weighted by Crippen LogP contribution is -2.38. The number of anilines is 2. The molecule has 0 radical (unpaired) electrons. The number of nitrogens with one attached hydrogen (secondary N) is 3. The molecule has 0 saturated carbocycles. The van der Waals surface area contributed by atoms with Crippen molar-refractivity contribution < 1.29 is 9.59 Å². The minimum absolute atomic E-state index is 0. The number of nitrogens with zero attached hydrogens (tertiary/aromatic N) is 3. The number of aryl methyl sites for hydroxylation is 1. The first-order valence-corrected chi connectivity index (χ1v) is 10.1. The molecular formula is C22H29IN6O2. The van der Waals surface area contributed by atoms with Crippen LogP contribution in [0.5, 0.6) is 0 Å². The summed E-state index contributed by atoms with van der Waals surface area (Å²) in [6.07, 6.45) is 1.85. The molecule has 1 fully saturated rings. The molecule has 3 N–H and O–H groups in total. The van der Waals surface area contributed by atoms with Crippen LogP contribution >= 0.6 is 24.0 Å². The molecule has 0 bridgehead atoms. The van der Waals surface area contributed by atoms with E-state index in [0.717, 1.165) is 29.9 Å². The molecule has 0 atom stereocenters. The number of hydrogen-bond donors (Lipinski definition) is 3. The molecule has 2 aromatic rings. The van der Waals surface area contributed by atoms with E-state index in [-0.39, 0.29) is 35.8 Å². The standard InChI is InChI=1S/C22H28N6O2.HI/c1-16-5-3-6-19(26-16)27-20(29)12-13-24-22(23-2)25-15-17-8-10-18(11-9-17)28-14-4-7-21(28)30;/h3,5-6,8-11H,4,7,12-15H2,1-2H3,(H2,23,24,25)(H,26,27,29);1H. The maximum absolute atomic E-state index is 12.1. The molecule has 2 heterocycles. The summed E-state index contributed by atoms with van der Waals surface area (Å²) in [6.45, 7) is 3.72. The molecular weight excluding hydrogens is 507 g/mol. The van der Waals surface area contributed by atoms with E-state index in [4.69, 9.17) is 0 Å². The van der Waals surface area contributed by atoms with Crippen molar-refractivity contribution in [3.8, 4) is 0 Å². The molecule has 3 rings (SSSR count). The number of carbonyl (C=O) groups is 2. The second-order valence-corrected chi connectivity index (χ2v) is 7.13. The van der Waals surface area contributed by atoms with Crippen molar-refractivity contribution in [2.24, 2.45) is 4.99 Å². The van der Waals surface area contributed by atoms with Crippen LogP contribution in [0.15, 0.2) is 47.5 Å². The first-order valence-electron chi connectivity index (χ1n) is 10.1. The largest absolute Gasteiger partial charge is 0.356 e. The lowest BCUT2D eigenvalue weighted by atomic mass is 10.2. The number of aliphatic imine (C=N–C) groups is 1. The summed E-state index contributed by atoms with van der Waals surface area (Å²) in [5.41, 5.74) is 2.88. The van der Waals surface area contributed by atoms with E-state index in [2.05, 4.69) is 25.9 Å². The molecule has 0 aliphatic carbocycles. The molecule has 1 saturated heterocycles. The molecule has 1 aliphatic heterocycles. The highest BCUT2D eigenvalue weighted by Gasteiger charge is 2.21. The maximum atomic E-state index is 12.1. The van der Waals surface area contributed by atoms with Gasteiger partial charge in [0.1, 0.15) is 5.82 Å². The topological polar surface area (TPSA) is 98.7 Å². The Kier molecular flexibility index (Phi) is 9.70. The summed E-state index contributed by atoms with van der Waals surface area (Å²) in [6, 6.07) is 13.5. The van der Waals surface area contributed by atoms with Crippen LogP contribution in [0, 0.1) is 6.92 Å². The Morgan fingerprint density at radius 1 is 1.16 bits per heavy atom. The normalized spacial score (nSPS) is 13.5. The monoisotopic (exact) mass is 536 g/mol. The number of carbonyl (C=O) groups excluding carboxylic acids is 2. The van der Waals surface area contributed by atoms with E-state index >= 15 is 0 Å². The van der Waals surface area contributed by atoms with E-state index in [9.17, 15) is 9.59 Å². The fourth-order valence-corrected chi connectivity index (χ4v) is 3.23. The number of pyridine rings is 1. The van der Waals surface area contributed by atoms with Crippen molar-refractivity contribution in [1.29, 1.82) is 0 Å². The van der Waals surface area contributed by atoms with Gasteiger partial charge < -0.3 is 20.9 Å². The molecule has 9 heteroatoms. The van der Waals surface area contributed by atoms with Gasteiger partial charge in [-0.1, -0.05) is 18.2 Å². The van der Waals surface area contributed by atoms with Crippen LogP contribution in [0.25, 0.3) is 0 Å². The zero-order valence-electron chi connectivity index (χ0n) is 17.9. The van der Waals surface area contributed by atoms with Gasteiger partial charge >= 0.3 is 0 Å². The predicted octanol–water partition coefficient (Wildman–Crippen LogP) is 2.83. The van der Waals surface area contributed by atoms with Gasteiger partial charge in [0.25, 0.3) is 0 Å². The number of amides is 2. The van der Waals surface area contributed by atoms with Gasteiger partial charge in [0.15, 0.2) is 5.96 Å². The van der Waals surface area contributed by atoms with Crippen LogP contribution in [0.2, 0.25) is 0 Å². The number of aromatic nitrogens is 1. The van der Waals surface area contributed by atoms with E-state index < -0.39 is 0 Å². The third-order valence-electron chi connectivity index (χ3n) is 4.81. The molecule has 0 unspecified atom stereocenters. The van der Waals surface area contributed by atoms with E-state index in [1.807, 2.05) is 48.2 Å². The number of halogens is 1.